The van der Waals surface area contributed by atoms with Crippen molar-refractivity contribution < 1.29 is 19.1 Å². The third-order valence-corrected chi connectivity index (χ3v) is 7.44. The van der Waals surface area contributed by atoms with Crippen molar-refractivity contribution in [2.24, 2.45) is 0 Å². The first-order valence-electron chi connectivity index (χ1n) is 15.4. The maximum atomic E-state index is 12.9. The van der Waals surface area contributed by atoms with E-state index < -0.39 is 0 Å². The van der Waals surface area contributed by atoms with Gasteiger partial charge in [-0.3, -0.25) is 9.69 Å². The van der Waals surface area contributed by atoms with Crippen LogP contribution in [-0.2, 0) is 6.54 Å². The minimum absolute atomic E-state index is 0.159. The van der Waals surface area contributed by atoms with Gasteiger partial charge in [-0.15, -0.1) is 0 Å². The van der Waals surface area contributed by atoms with Crippen molar-refractivity contribution in [1.82, 2.24) is 15.1 Å². The summed E-state index contributed by atoms with van der Waals surface area (Å²) >= 11 is 0. The lowest BCUT2D eigenvalue weighted by molar-refractivity contribution is 0.102. The Balaban J connectivity index is 1.29. The molecule has 0 aliphatic carbocycles. The fourth-order valence-corrected chi connectivity index (χ4v) is 4.91. The minimum Gasteiger partial charge on any atom is -0.490 e. The number of piperazine rings is 1. The predicted octanol–water partition coefficient (Wildman–Crippen LogP) is 6.58. The zero-order chi connectivity index (χ0) is 30.4. The van der Waals surface area contributed by atoms with E-state index in [4.69, 9.17) is 9.47 Å². The Bertz CT molecular complexity index is 1310. The number of hydrogen-bond acceptors (Lipinski definition) is 6. The van der Waals surface area contributed by atoms with E-state index in [0.717, 1.165) is 58.5 Å². The number of benzene rings is 3. The first-order valence-corrected chi connectivity index (χ1v) is 15.4. The average molecular weight is 588 g/mol. The Hall–Kier alpha value is -4.08. The summed E-state index contributed by atoms with van der Waals surface area (Å²) in [4.78, 5) is 30.0. The molecular formula is C34H45N5O4. The van der Waals surface area contributed by atoms with Crippen LogP contribution < -0.4 is 25.4 Å². The number of urea groups is 1. The van der Waals surface area contributed by atoms with E-state index in [1.54, 1.807) is 42.5 Å². The van der Waals surface area contributed by atoms with E-state index in [1.165, 1.54) is 5.56 Å². The van der Waals surface area contributed by atoms with Crippen molar-refractivity contribution in [2.45, 2.75) is 46.6 Å². The number of carbonyl (C=O) groups excluding carboxylic acids is 2. The lowest BCUT2D eigenvalue weighted by Gasteiger charge is -2.34. The van der Waals surface area contributed by atoms with Crippen molar-refractivity contribution in [2.75, 3.05) is 56.5 Å². The van der Waals surface area contributed by atoms with Crippen molar-refractivity contribution in [3.63, 3.8) is 0 Å². The highest BCUT2D eigenvalue weighted by atomic mass is 16.5. The second-order valence-corrected chi connectivity index (χ2v) is 10.7. The summed E-state index contributed by atoms with van der Waals surface area (Å²) in [5, 5.41) is 8.67. The molecule has 0 atom stereocenters. The van der Waals surface area contributed by atoms with Crippen LogP contribution in [0.3, 0.4) is 0 Å². The molecule has 0 unspecified atom stereocenters. The Morgan fingerprint density at radius 3 is 2.14 bits per heavy atom. The second kappa shape index (κ2) is 16.5. The van der Waals surface area contributed by atoms with Crippen LogP contribution in [0.5, 0.6) is 17.2 Å². The van der Waals surface area contributed by atoms with Gasteiger partial charge in [0, 0.05) is 62.3 Å². The largest absolute Gasteiger partial charge is 0.490 e. The number of anilines is 2. The number of amides is 3. The molecule has 3 N–H and O–H groups in total. The summed E-state index contributed by atoms with van der Waals surface area (Å²) in [6, 6.07) is 20.1. The molecule has 4 rings (SSSR count). The molecule has 9 heteroatoms. The number of carbonyl (C=O) groups is 2. The monoisotopic (exact) mass is 587 g/mol. The highest BCUT2D eigenvalue weighted by molar-refractivity contribution is 6.04. The number of nitrogens with one attached hydrogen (secondary N) is 3. The van der Waals surface area contributed by atoms with Crippen LogP contribution in [0.25, 0.3) is 0 Å². The van der Waals surface area contributed by atoms with E-state index in [0.29, 0.717) is 47.3 Å². The normalized spacial score (nSPS) is 13.7. The third kappa shape index (κ3) is 10.0. The van der Waals surface area contributed by atoms with Crippen molar-refractivity contribution >= 4 is 23.3 Å². The van der Waals surface area contributed by atoms with Gasteiger partial charge in [0.05, 0.1) is 6.61 Å². The van der Waals surface area contributed by atoms with E-state index in [-0.39, 0.29) is 11.9 Å². The second-order valence-electron chi connectivity index (χ2n) is 10.7. The average Bonchev–Trinajstić information content (AvgIpc) is 3.02. The Kier molecular flexibility index (Phi) is 12.2. The number of rotatable bonds is 14. The molecule has 0 spiro atoms. The molecule has 1 heterocycles. The highest BCUT2D eigenvalue weighted by Crippen LogP contribution is 2.34. The Morgan fingerprint density at radius 1 is 0.767 bits per heavy atom. The molecule has 1 saturated heterocycles. The van der Waals surface area contributed by atoms with E-state index >= 15 is 0 Å². The molecule has 3 aromatic carbocycles. The maximum Gasteiger partial charge on any atom is 0.319 e. The van der Waals surface area contributed by atoms with Gasteiger partial charge in [-0.1, -0.05) is 38.8 Å². The van der Waals surface area contributed by atoms with E-state index in [1.807, 2.05) is 31.2 Å². The molecule has 3 aromatic rings. The molecule has 0 bridgehead atoms. The summed E-state index contributed by atoms with van der Waals surface area (Å²) in [6.07, 6.45) is 3.14. The molecule has 0 saturated carbocycles. The molecule has 230 valence electrons. The number of likely N-dealkylation sites (N-methyl/N-ethyl adjacent to an activating group) is 1. The van der Waals surface area contributed by atoms with Crippen LogP contribution in [0.4, 0.5) is 16.2 Å². The number of nitrogens with zero attached hydrogens (tertiary/aromatic N) is 2. The number of ether oxygens (including phenoxy) is 2. The summed E-state index contributed by atoms with van der Waals surface area (Å²) in [5.74, 6) is 1.49. The Morgan fingerprint density at radius 2 is 1.47 bits per heavy atom. The van der Waals surface area contributed by atoms with Crippen LogP contribution in [0, 0.1) is 0 Å². The quantitative estimate of drug-likeness (QED) is 0.185. The topological polar surface area (TPSA) is 95.2 Å². The van der Waals surface area contributed by atoms with Crippen molar-refractivity contribution in [3.05, 3.63) is 77.9 Å². The fourth-order valence-electron chi connectivity index (χ4n) is 4.91. The lowest BCUT2D eigenvalue weighted by Crippen LogP contribution is -2.45. The third-order valence-electron chi connectivity index (χ3n) is 7.44. The predicted molar refractivity (Wildman–Crippen MR) is 172 cm³/mol. The highest BCUT2D eigenvalue weighted by Gasteiger charge is 2.16. The SMILES string of the molecule is CCCCCNC(=O)Nc1ccc(Oc2ccc(NC(=O)c3ccc(CN4CCN(CC)CC4)cc3)cc2)c(OCC)c1. The molecule has 9 nitrogen and oxygen atoms in total. The van der Waals surface area contributed by atoms with Gasteiger partial charge in [0.15, 0.2) is 11.5 Å². The molecule has 0 aromatic heterocycles. The van der Waals surface area contributed by atoms with Gasteiger partial charge < -0.3 is 30.3 Å². The summed E-state index contributed by atoms with van der Waals surface area (Å²) in [7, 11) is 0. The smallest absolute Gasteiger partial charge is 0.319 e. The van der Waals surface area contributed by atoms with Crippen molar-refractivity contribution in [3.8, 4) is 17.2 Å². The van der Waals surface area contributed by atoms with Crippen LogP contribution in [0.1, 0.15) is 56.0 Å². The summed E-state index contributed by atoms with van der Waals surface area (Å²) in [6.45, 7) is 13.7. The molecule has 0 radical (unpaired) electrons. The number of hydrogen-bond donors (Lipinski definition) is 3. The Labute approximate surface area is 255 Å². The molecule has 1 aliphatic heterocycles. The summed E-state index contributed by atoms with van der Waals surface area (Å²) in [5.41, 5.74) is 3.11. The van der Waals surface area contributed by atoms with Crippen LogP contribution in [0.2, 0.25) is 0 Å². The van der Waals surface area contributed by atoms with Crippen LogP contribution >= 0.6 is 0 Å². The molecule has 43 heavy (non-hydrogen) atoms. The van der Waals surface area contributed by atoms with Crippen molar-refractivity contribution in [1.29, 1.82) is 0 Å². The fraction of sp³-hybridized carbons (Fsp3) is 0.412. The first-order chi connectivity index (χ1) is 21.0. The van der Waals surface area contributed by atoms with Gasteiger partial charge in [0.25, 0.3) is 5.91 Å². The molecule has 1 fully saturated rings. The molecular weight excluding hydrogens is 542 g/mol. The van der Waals surface area contributed by atoms with Gasteiger partial charge >= 0.3 is 6.03 Å². The van der Waals surface area contributed by atoms with E-state index in [2.05, 4.69) is 39.6 Å². The van der Waals surface area contributed by atoms with Gasteiger partial charge in [0.2, 0.25) is 0 Å². The minimum atomic E-state index is -0.248. The van der Waals surface area contributed by atoms with Crippen LogP contribution in [-0.4, -0.2) is 67.6 Å². The summed E-state index contributed by atoms with van der Waals surface area (Å²) < 4.78 is 11.8. The first kappa shape index (κ1) is 31.8. The van der Waals surface area contributed by atoms with Gasteiger partial charge in [0.1, 0.15) is 5.75 Å². The maximum absolute atomic E-state index is 12.9. The molecule has 3 amide bonds. The zero-order valence-electron chi connectivity index (χ0n) is 25.7. The van der Waals surface area contributed by atoms with Gasteiger partial charge in [-0.05, 0) is 74.0 Å². The number of unbranched alkanes of at least 4 members (excludes halogenated alkanes) is 2. The van der Waals surface area contributed by atoms with Gasteiger partial charge in [-0.25, -0.2) is 4.79 Å². The lowest BCUT2D eigenvalue weighted by atomic mass is 10.1. The van der Waals surface area contributed by atoms with Gasteiger partial charge in [-0.2, -0.15) is 0 Å². The van der Waals surface area contributed by atoms with E-state index in [9.17, 15) is 9.59 Å². The van der Waals surface area contributed by atoms with Crippen LogP contribution in [0.15, 0.2) is 66.7 Å². The standard InChI is InChI=1S/C34H45N5O4/c1-4-7-8-19-35-34(41)37-29-15-18-31(32(24-29)42-6-3)43-30-16-13-28(14-17-30)36-33(40)27-11-9-26(10-12-27)25-39-22-20-38(5-2)21-23-39/h9-18,24H,4-8,19-23,25H2,1-3H3,(H,36,40)(H2,35,37,41). The zero-order valence-corrected chi connectivity index (χ0v) is 25.7. The molecule has 1 aliphatic rings.